The van der Waals surface area contributed by atoms with E-state index in [1.807, 2.05) is 0 Å². The van der Waals surface area contributed by atoms with Crippen molar-refractivity contribution in [2.45, 2.75) is 14.4 Å². The molecule has 3 rings (SSSR count). The van der Waals surface area contributed by atoms with Crippen LogP contribution in [0.15, 0.2) is 50.9 Å². The molecule has 1 aromatic carbocycles. The zero-order valence-corrected chi connectivity index (χ0v) is 13.7. The molecule has 0 spiro atoms. The molecular weight excluding hydrogens is 349 g/mol. The molecule has 1 fully saturated rings. The van der Waals surface area contributed by atoms with Crippen LogP contribution in [0.1, 0.15) is 0 Å². The van der Waals surface area contributed by atoms with Crippen molar-refractivity contribution in [3.63, 3.8) is 0 Å². The quantitative estimate of drug-likeness (QED) is 0.778. The van der Waals surface area contributed by atoms with Gasteiger partial charge in [0, 0.05) is 13.1 Å². The molecule has 0 aliphatic carbocycles. The Hall–Kier alpha value is -1.29. The Bertz CT molecular complexity index is 868. The van der Waals surface area contributed by atoms with Crippen molar-refractivity contribution in [2.75, 3.05) is 13.1 Å². The lowest BCUT2D eigenvalue weighted by atomic mass is 10.3. The SMILES string of the molecule is O=S(=O)(c1ccc(F)cc1)C1CN(S(=O)(=O)c2cccs2)C1. The molecule has 0 N–H and O–H groups in total. The Labute approximate surface area is 132 Å². The molecule has 9 heteroatoms. The Morgan fingerprint density at radius 3 is 2.23 bits per heavy atom. The van der Waals surface area contributed by atoms with E-state index in [1.54, 1.807) is 11.4 Å². The summed E-state index contributed by atoms with van der Waals surface area (Å²) >= 11 is 1.09. The Morgan fingerprint density at radius 2 is 1.68 bits per heavy atom. The van der Waals surface area contributed by atoms with Crippen LogP contribution in [0.25, 0.3) is 0 Å². The molecule has 1 aromatic heterocycles. The minimum atomic E-state index is -3.65. The summed E-state index contributed by atoms with van der Waals surface area (Å²) in [5.41, 5.74) is 0. The summed E-state index contributed by atoms with van der Waals surface area (Å²) < 4.78 is 63.3. The molecule has 1 aliphatic rings. The molecule has 1 saturated heterocycles. The van der Waals surface area contributed by atoms with E-state index < -0.39 is 30.9 Å². The Kier molecular flexibility index (Phi) is 3.84. The zero-order chi connectivity index (χ0) is 16.0. The van der Waals surface area contributed by atoms with Crippen molar-refractivity contribution in [3.8, 4) is 0 Å². The van der Waals surface area contributed by atoms with Gasteiger partial charge < -0.3 is 0 Å². The summed E-state index contributed by atoms with van der Waals surface area (Å²) in [7, 11) is -7.26. The van der Waals surface area contributed by atoms with Crippen LogP contribution < -0.4 is 0 Å². The van der Waals surface area contributed by atoms with Crippen molar-refractivity contribution in [1.29, 1.82) is 0 Å². The number of thiophene rings is 1. The predicted molar refractivity (Wildman–Crippen MR) is 80.5 cm³/mol. The molecule has 0 atom stereocenters. The maximum Gasteiger partial charge on any atom is 0.252 e. The van der Waals surface area contributed by atoms with E-state index in [0.29, 0.717) is 0 Å². The van der Waals surface area contributed by atoms with Gasteiger partial charge >= 0.3 is 0 Å². The van der Waals surface area contributed by atoms with E-state index >= 15 is 0 Å². The van der Waals surface area contributed by atoms with Gasteiger partial charge in [0.25, 0.3) is 10.0 Å². The first-order valence-electron chi connectivity index (χ1n) is 6.35. The lowest BCUT2D eigenvalue weighted by Crippen LogP contribution is -2.56. The smallest absolute Gasteiger partial charge is 0.223 e. The van der Waals surface area contributed by atoms with Gasteiger partial charge in [0.1, 0.15) is 10.0 Å². The van der Waals surface area contributed by atoms with Gasteiger partial charge in [-0.05, 0) is 35.7 Å². The summed E-state index contributed by atoms with van der Waals surface area (Å²) in [6, 6.07) is 7.66. The van der Waals surface area contributed by atoms with Crippen LogP contribution in [-0.4, -0.2) is 39.5 Å². The highest BCUT2D eigenvalue weighted by Crippen LogP contribution is 2.30. The Balaban J connectivity index is 1.77. The molecule has 0 bridgehead atoms. The molecular formula is C13H12FNO4S3. The van der Waals surface area contributed by atoms with E-state index in [4.69, 9.17) is 0 Å². The maximum absolute atomic E-state index is 12.9. The van der Waals surface area contributed by atoms with Crippen LogP contribution in [0.2, 0.25) is 0 Å². The number of hydrogen-bond donors (Lipinski definition) is 0. The number of rotatable bonds is 4. The van der Waals surface area contributed by atoms with Gasteiger partial charge in [-0.3, -0.25) is 0 Å². The van der Waals surface area contributed by atoms with Gasteiger partial charge in [0.2, 0.25) is 0 Å². The van der Waals surface area contributed by atoms with E-state index in [2.05, 4.69) is 0 Å². The fourth-order valence-corrected chi connectivity index (χ4v) is 6.66. The highest BCUT2D eigenvalue weighted by atomic mass is 32.2. The number of sulfonamides is 1. The third-order valence-corrected chi connectivity index (χ3v) is 8.79. The summed E-state index contributed by atoms with van der Waals surface area (Å²) in [5, 5.41) is 0.854. The summed E-state index contributed by atoms with van der Waals surface area (Å²) in [6.45, 7) is -0.167. The fourth-order valence-electron chi connectivity index (χ4n) is 2.15. The molecule has 2 heterocycles. The molecule has 0 amide bonds. The predicted octanol–water partition coefficient (Wildman–Crippen LogP) is 1.73. The second kappa shape index (κ2) is 5.41. The number of benzene rings is 1. The summed E-state index contributed by atoms with van der Waals surface area (Å²) in [6.07, 6.45) is 0. The average Bonchev–Trinajstić information content (AvgIpc) is 2.91. The number of nitrogens with zero attached hydrogens (tertiary/aromatic N) is 1. The summed E-state index contributed by atoms with van der Waals surface area (Å²) in [5.74, 6) is -0.519. The second-order valence-corrected chi connectivity index (χ2v) is 10.2. The van der Waals surface area contributed by atoms with Crippen LogP contribution in [0.5, 0.6) is 0 Å². The highest BCUT2D eigenvalue weighted by Gasteiger charge is 2.44. The average molecular weight is 361 g/mol. The van der Waals surface area contributed by atoms with E-state index in [1.165, 1.54) is 18.2 Å². The first-order chi connectivity index (χ1) is 10.3. The van der Waals surface area contributed by atoms with Crippen molar-refractivity contribution < 1.29 is 21.2 Å². The maximum atomic E-state index is 12.9. The number of sulfone groups is 1. The van der Waals surface area contributed by atoms with Gasteiger partial charge in [-0.2, -0.15) is 4.31 Å². The topological polar surface area (TPSA) is 71.5 Å². The molecule has 1 aliphatic heterocycles. The largest absolute Gasteiger partial charge is 0.252 e. The van der Waals surface area contributed by atoms with Crippen molar-refractivity contribution in [3.05, 3.63) is 47.6 Å². The minimum absolute atomic E-state index is 0.00655. The van der Waals surface area contributed by atoms with Gasteiger partial charge in [-0.25, -0.2) is 21.2 Å². The lowest BCUT2D eigenvalue weighted by molar-refractivity contribution is 0.310. The van der Waals surface area contributed by atoms with Gasteiger partial charge in [-0.15, -0.1) is 11.3 Å². The fraction of sp³-hybridized carbons (Fsp3) is 0.231. The molecule has 5 nitrogen and oxygen atoms in total. The molecule has 0 saturated carbocycles. The van der Waals surface area contributed by atoms with E-state index in [0.717, 1.165) is 27.8 Å². The second-order valence-electron chi connectivity index (χ2n) is 4.88. The molecule has 118 valence electrons. The lowest BCUT2D eigenvalue weighted by Gasteiger charge is -2.37. The third-order valence-electron chi connectivity index (χ3n) is 3.48. The van der Waals surface area contributed by atoms with Crippen LogP contribution in [0.4, 0.5) is 4.39 Å². The highest BCUT2D eigenvalue weighted by molar-refractivity contribution is 7.93. The third kappa shape index (κ3) is 2.58. The molecule has 0 unspecified atom stereocenters. The van der Waals surface area contributed by atoms with Crippen LogP contribution in [0.3, 0.4) is 0 Å². The summed E-state index contributed by atoms with van der Waals surface area (Å²) in [4.78, 5) is 0.00655. The van der Waals surface area contributed by atoms with E-state index in [-0.39, 0.29) is 22.2 Å². The van der Waals surface area contributed by atoms with E-state index in [9.17, 15) is 21.2 Å². The van der Waals surface area contributed by atoms with Gasteiger partial charge in [0.05, 0.1) is 10.1 Å². The zero-order valence-electron chi connectivity index (χ0n) is 11.2. The normalized spacial score (nSPS) is 17.3. The first-order valence-corrected chi connectivity index (χ1v) is 10.2. The molecule has 22 heavy (non-hydrogen) atoms. The van der Waals surface area contributed by atoms with Crippen molar-refractivity contribution in [2.24, 2.45) is 0 Å². The van der Waals surface area contributed by atoms with Gasteiger partial charge in [-0.1, -0.05) is 6.07 Å². The van der Waals surface area contributed by atoms with Crippen LogP contribution in [0, 0.1) is 5.82 Å². The standard InChI is InChI=1S/C13H12FNO4S3/c14-10-3-5-11(6-4-10)21(16,17)12-8-15(9-12)22(18,19)13-2-1-7-20-13/h1-7,12H,8-9H2. The number of halogens is 1. The van der Waals surface area contributed by atoms with Crippen LogP contribution >= 0.6 is 11.3 Å². The molecule has 2 aromatic rings. The van der Waals surface area contributed by atoms with Crippen molar-refractivity contribution >= 4 is 31.2 Å². The minimum Gasteiger partial charge on any atom is -0.223 e. The monoisotopic (exact) mass is 361 g/mol. The van der Waals surface area contributed by atoms with Crippen LogP contribution in [-0.2, 0) is 19.9 Å². The van der Waals surface area contributed by atoms with Crippen molar-refractivity contribution in [1.82, 2.24) is 4.31 Å². The first kappa shape index (κ1) is 15.6. The van der Waals surface area contributed by atoms with Gasteiger partial charge in [0.15, 0.2) is 9.84 Å². The Morgan fingerprint density at radius 1 is 1.05 bits per heavy atom. The number of hydrogen-bond acceptors (Lipinski definition) is 5. The molecule has 0 radical (unpaired) electrons.